The van der Waals surface area contributed by atoms with E-state index in [-0.39, 0.29) is 5.82 Å². The molecular formula is C17H20FNS. The number of thioether (sulfide) groups is 1. The molecule has 0 aliphatic heterocycles. The molecule has 3 heteroatoms. The number of rotatable bonds is 6. The molecule has 0 aliphatic carbocycles. The van der Waals surface area contributed by atoms with Crippen LogP contribution < -0.4 is 5.32 Å². The van der Waals surface area contributed by atoms with Gasteiger partial charge in [-0.2, -0.15) is 0 Å². The van der Waals surface area contributed by atoms with Gasteiger partial charge in [-0.15, -0.1) is 11.8 Å². The fourth-order valence-corrected chi connectivity index (χ4v) is 3.22. The van der Waals surface area contributed by atoms with Gasteiger partial charge in [0.05, 0.1) is 0 Å². The van der Waals surface area contributed by atoms with Crippen LogP contribution in [0, 0.1) is 12.7 Å². The van der Waals surface area contributed by atoms with E-state index in [2.05, 4.69) is 36.5 Å². The van der Waals surface area contributed by atoms with Crippen LogP contribution in [-0.4, -0.2) is 18.8 Å². The van der Waals surface area contributed by atoms with E-state index in [1.165, 1.54) is 16.5 Å². The number of nitrogens with one attached hydrogen (secondary N) is 1. The van der Waals surface area contributed by atoms with Crippen molar-refractivity contribution in [1.29, 1.82) is 0 Å². The maximum Gasteiger partial charge on any atom is 0.123 e. The molecule has 0 amide bonds. The molecule has 0 heterocycles. The molecule has 1 nitrogen and oxygen atoms in total. The highest BCUT2D eigenvalue weighted by molar-refractivity contribution is 7.99. The van der Waals surface area contributed by atoms with E-state index in [1.54, 1.807) is 12.1 Å². The van der Waals surface area contributed by atoms with E-state index in [0.29, 0.717) is 6.04 Å². The van der Waals surface area contributed by atoms with Crippen LogP contribution in [0.15, 0.2) is 53.4 Å². The van der Waals surface area contributed by atoms with Gasteiger partial charge in [-0.3, -0.25) is 0 Å². The first-order valence-electron chi connectivity index (χ1n) is 6.78. The monoisotopic (exact) mass is 289 g/mol. The van der Waals surface area contributed by atoms with E-state index >= 15 is 0 Å². The van der Waals surface area contributed by atoms with E-state index in [0.717, 1.165) is 17.7 Å². The lowest BCUT2D eigenvalue weighted by Gasteiger charge is -2.16. The van der Waals surface area contributed by atoms with Crippen LogP contribution in [-0.2, 0) is 6.42 Å². The third-order valence-electron chi connectivity index (χ3n) is 3.22. The Labute approximate surface area is 124 Å². The predicted octanol–water partition coefficient (Wildman–Crippen LogP) is 4.06. The second kappa shape index (κ2) is 7.46. The van der Waals surface area contributed by atoms with Crippen LogP contribution in [0.4, 0.5) is 4.39 Å². The summed E-state index contributed by atoms with van der Waals surface area (Å²) in [6.07, 6.45) is 0.840. The van der Waals surface area contributed by atoms with Gasteiger partial charge < -0.3 is 5.32 Å². The Morgan fingerprint density at radius 1 is 1.15 bits per heavy atom. The zero-order valence-corrected chi connectivity index (χ0v) is 12.7. The van der Waals surface area contributed by atoms with Crippen molar-refractivity contribution < 1.29 is 4.39 Å². The zero-order valence-electron chi connectivity index (χ0n) is 11.9. The highest BCUT2D eigenvalue weighted by Gasteiger charge is 2.08. The van der Waals surface area contributed by atoms with E-state index < -0.39 is 0 Å². The molecule has 0 aliphatic rings. The molecular weight excluding hydrogens is 269 g/mol. The van der Waals surface area contributed by atoms with Gasteiger partial charge in [-0.25, -0.2) is 4.39 Å². The SMILES string of the molecule is CNC(CSc1cccc(C)c1)Cc1cccc(F)c1. The first kappa shape index (κ1) is 15.1. The highest BCUT2D eigenvalue weighted by Crippen LogP contribution is 2.20. The number of likely N-dealkylation sites (N-methyl/N-ethyl adjacent to an activating group) is 1. The van der Waals surface area contributed by atoms with Gasteiger partial charge in [0.25, 0.3) is 0 Å². The molecule has 106 valence electrons. The van der Waals surface area contributed by atoms with Crippen molar-refractivity contribution in [1.82, 2.24) is 5.32 Å². The Morgan fingerprint density at radius 2 is 1.95 bits per heavy atom. The van der Waals surface area contributed by atoms with Gasteiger partial charge in [-0.05, 0) is 50.2 Å². The summed E-state index contributed by atoms with van der Waals surface area (Å²) in [6, 6.07) is 15.7. The van der Waals surface area contributed by atoms with Crippen molar-refractivity contribution in [3.63, 3.8) is 0 Å². The molecule has 1 unspecified atom stereocenters. The van der Waals surface area contributed by atoms with Crippen molar-refractivity contribution in [2.45, 2.75) is 24.3 Å². The summed E-state index contributed by atoms with van der Waals surface area (Å²) < 4.78 is 13.2. The molecule has 0 bridgehead atoms. The van der Waals surface area contributed by atoms with Crippen LogP contribution in [0.2, 0.25) is 0 Å². The molecule has 0 aromatic heterocycles. The number of halogens is 1. The van der Waals surface area contributed by atoms with Gasteiger partial charge >= 0.3 is 0 Å². The van der Waals surface area contributed by atoms with Gasteiger partial charge in [0.1, 0.15) is 5.82 Å². The summed E-state index contributed by atoms with van der Waals surface area (Å²) >= 11 is 1.83. The van der Waals surface area contributed by atoms with Crippen LogP contribution in [0.3, 0.4) is 0 Å². The number of benzene rings is 2. The maximum atomic E-state index is 13.2. The third-order valence-corrected chi connectivity index (χ3v) is 4.38. The molecule has 1 N–H and O–H groups in total. The van der Waals surface area contributed by atoms with Crippen molar-refractivity contribution in [2.24, 2.45) is 0 Å². The van der Waals surface area contributed by atoms with Gasteiger partial charge in [0.15, 0.2) is 0 Å². The molecule has 20 heavy (non-hydrogen) atoms. The molecule has 1 atom stereocenters. The number of aryl methyl sites for hydroxylation is 1. The topological polar surface area (TPSA) is 12.0 Å². The Hall–Kier alpha value is -1.32. The number of hydrogen-bond donors (Lipinski definition) is 1. The molecule has 0 saturated heterocycles. The summed E-state index contributed by atoms with van der Waals surface area (Å²) in [4.78, 5) is 1.28. The summed E-state index contributed by atoms with van der Waals surface area (Å²) in [5, 5.41) is 3.31. The molecule has 0 spiro atoms. The van der Waals surface area contributed by atoms with Crippen molar-refractivity contribution in [3.8, 4) is 0 Å². The lowest BCUT2D eigenvalue weighted by Crippen LogP contribution is -2.30. The smallest absolute Gasteiger partial charge is 0.123 e. The number of hydrogen-bond acceptors (Lipinski definition) is 2. The van der Waals surface area contributed by atoms with Crippen LogP contribution in [0.5, 0.6) is 0 Å². The van der Waals surface area contributed by atoms with Gasteiger partial charge in [0.2, 0.25) is 0 Å². The van der Waals surface area contributed by atoms with Crippen molar-refractivity contribution in [3.05, 3.63) is 65.5 Å². The van der Waals surface area contributed by atoms with Crippen molar-refractivity contribution in [2.75, 3.05) is 12.8 Å². The zero-order chi connectivity index (χ0) is 14.4. The summed E-state index contributed by atoms with van der Waals surface area (Å²) in [6.45, 7) is 2.10. The molecule has 2 aromatic rings. The van der Waals surface area contributed by atoms with Gasteiger partial charge in [0, 0.05) is 16.7 Å². The lowest BCUT2D eigenvalue weighted by atomic mass is 10.1. The van der Waals surface area contributed by atoms with E-state index in [4.69, 9.17) is 0 Å². The minimum absolute atomic E-state index is 0.163. The summed E-state index contributed by atoms with van der Waals surface area (Å²) in [5.41, 5.74) is 2.32. The second-order valence-electron chi connectivity index (χ2n) is 4.95. The quantitative estimate of drug-likeness (QED) is 0.805. The van der Waals surface area contributed by atoms with Crippen molar-refractivity contribution >= 4 is 11.8 Å². The minimum Gasteiger partial charge on any atom is -0.316 e. The normalized spacial score (nSPS) is 12.3. The Kier molecular flexibility index (Phi) is 5.62. The fourth-order valence-electron chi connectivity index (χ4n) is 2.09. The Morgan fingerprint density at radius 3 is 2.65 bits per heavy atom. The second-order valence-corrected chi connectivity index (χ2v) is 6.04. The van der Waals surface area contributed by atoms with E-state index in [1.807, 2.05) is 24.9 Å². The average Bonchev–Trinajstić information content (AvgIpc) is 2.43. The Balaban J connectivity index is 1.92. The average molecular weight is 289 g/mol. The molecule has 2 rings (SSSR count). The molecule has 0 radical (unpaired) electrons. The maximum absolute atomic E-state index is 13.2. The predicted molar refractivity (Wildman–Crippen MR) is 84.9 cm³/mol. The summed E-state index contributed by atoms with van der Waals surface area (Å²) in [7, 11) is 1.96. The third kappa shape index (κ3) is 4.66. The first-order valence-corrected chi connectivity index (χ1v) is 7.77. The summed E-state index contributed by atoms with van der Waals surface area (Å²) in [5.74, 6) is 0.805. The first-order chi connectivity index (χ1) is 9.67. The molecule has 0 fully saturated rings. The van der Waals surface area contributed by atoms with Crippen LogP contribution >= 0.6 is 11.8 Å². The molecule has 2 aromatic carbocycles. The van der Waals surface area contributed by atoms with Crippen LogP contribution in [0.1, 0.15) is 11.1 Å². The largest absolute Gasteiger partial charge is 0.316 e. The highest BCUT2D eigenvalue weighted by atomic mass is 32.2. The lowest BCUT2D eigenvalue weighted by molar-refractivity contribution is 0.602. The standard InChI is InChI=1S/C17H20FNS/c1-13-5-3-8-17(9-13)20-12-16(19-2)11-14-6-4-7-15(18)10-14/h3-10,16,19H,11-12H2,1-2H3. The van der Waals surface area contributed by atoms with E-state index in [9.17, 15) is 4.39 Å². The van der Waals surface area contributed by atoms with Crippen LogP contribution in [0.25, 0.3) is 0 Å². The van der Waals surface area contributed by atoms with Gasteiger partial charge in [-0.1, -0.05) is 29.8 Å². The fraction of sp³-hybridized carbons (Fsp3) is 0.294. The molecule has 0 saturated carbocycles. The minimum atomic E-state index is -0.163. The Bertz CT molecular complexity index is 556.